The molecule has 150 valence electrons. The number of hydrogen-bond donors (Lipinski definition) is 2. The Kier molecular flexibility index (Phi) is 5.84. The van der Waals surface area contributed by atoms with Crippen molar-refractivity contribution in [2.75, 3.05) is 29.0 Å². The molecule has 0 bridgehead atoms. The van der Waals surface area contributed by atoms with Gasteiger partial charge < -0.3 is 10.2 Å². The lowest BCUT2D eigenvalue weighted by molar-refractivity contribution is 0.102. The van der Waals surface area contributed by atoms with Crippen molar-refractivity contribution in [3.8, 4) is 0 Å². The first kappa shape index (κ1) is 20.3. The van der Waals surface area contributed by atoms with E-state index < -0.39 is 21.7 Å². The highest BCUT2D eigenvalue weighted by Crippen LogP contribution is 2.22. The molecule has 29 heavy (non-hydrogen) atoms. The monoisotopic (exact) mass is 413 g/mol. The summed E-state index contributed by atoms with van der Waals surface area (Å²) < 4.78 is 40.6. The van der Waals surface area contributed by atoms with Gasteiger partial charge in [0, 0.05) is 25.5 Å². The summed E-state index contributed by atoms with van der Waals surface area (Å²) >= 11 is 0. The summed E-state index contributed by atoms with van der Waals surface area (Å²) in [5.41, 5.74) is 1.85. The molecule has 6 nitrogen and oxygen atoms in total. The Morgan fingerprint density at radius 1 is 0.897 bits per heavy atom. The standard InChI is InChI=1S/C21H20FN3O3S/c1-25(2)17-11-9-16(10-12-17)23-21(26)19-5-3-4-6-20(19)24-29(27,28)18-13-7-15(22)8-14-18/h3-14,24H,1-2H3,(H,23,26). The van der Waals surface area contributed by atoms with E-state index in [4.69, 9.17) is 0 Å². The van der Waals surface area contributed by atoms with Gasteiger partial charge in [-0.1, -0.05) is 12.1 Å². The van der Waals surface area contributed by atoms with E-state index in [9.17, 15) is 17.6 Å². The smallest absolute Gasteiger partial charge is 0.261 e. The summed E-state index contributed by atoms with van der Waals surface area (Å²) in [5.74, 6) is -0.996. The van der Waals surface area contributed by atoms with Gasteiger partial charge in [0.15, 0.2) is 0 Å². The molecule has 0 aliphatic rings. The van der Waals surface area contributed by atoms with Gasteiger partial charge in [0.25, 0.3) is 15.9 Å². The van der Waals surface area contributed by atoms with Crippen LogP contribution in [0.2, 0.25) is 0 Å². The number of halogens is 1. The van der Waals surface area contributed by atoms with E-state index in [1.165, 1.54) is 12.1 Å². The van der Waals surface area contributed by atoms with Gasteiger partial charge in [-0.3, -0.25) is 9.52 Å². The number of carbonyl (C=O) groups excluding carboxylic acids is 1. The predicted octanol–water partition coefficient (Wildman–Crippen LogP) is 3.94. The van der Waals surface area contributed by atoms with E-state index in [0.29, 0.717) is 5.69 Å². The third-order valence-corrected chi connectivity index (χ3v) is 5.56. The highest BCUT2D eigenvalue weighted by molar-refractivity contribution is 7.92. The highest BCUT2D eigenvalue weighted by atomic mass is 32.2. The first-order chi connectivity index (χ1) is 13.8. The van der Waals surface area contributed by atoms with Crippen LogP contribution >= 0.6 is 0 Å². The Morgan fingerprint density at radius 3 is 2.14 bits per heavy atom. The van der Waals surface area contributed by atoms with E-state index in [-0.39, 0.29) is 16.1 Å². The molecule has 3 rings (SSSR count). The van der Waals surface area contributed by atoms with Gasteiger partial charge in [-0.15, -0.1) is 0 Å². The van der Waals surface area contributed by atoms with E-state index in [1.807, 2.05) is 31.1 Å². The number of amides is 1. The minimum atomic E-state index is -3.98. The molecule has 0 saturated carbocycles. The maximum Gasteiger partial charge on any atom is 0.261 e. The largest absolute Gasteiger partial charge is 0.378 e. The SMILES string of the molecule is CN(C)c1ccc(NC(=O)c2ccccc2NS(=O)(=O)c2ccc(F)cc2)cc1. The fourth-order valence-electron chi connectivity index (χ4n) is 2.63. The van der Waals surface area contributed by atoms with Crippen LogP contribution in [0.5, 0.6) is 0 Å². The van der Waals surface area contributed by atoms with Crippen LogP contribution < -0.4 is 14.9 Å². The molecule has 0 unspecified atom stereocenters. The third kappa shape index (κ3) is 4.91. The molecule has 0 atom stereocenters. The molecule has 0 fully saturated rings. The fourth-order valence-corrected chi connectivity index (χ4v) is 3.71. The lowest BCUT2D eigenvalue weighted by Crippen LogP contribution is -2.18. The van der Waals surface area contributed by atoms with Gasteiger partial charge in [0.1, 0.15) is 5.82 Å². The van der Waals surface area contributed by atoms with E-state index in [2.05, 4.69) is 10.0 Å². The molecular formula is C21H20FN3O3S. The minimum Gasteiger partial charge on any atom is -0.378 e. The summed E-state index contributed by atoms with van der Waals surface area (Å²) in [5, 5.41) is 2.76. The summed E-state index contributed by atoms with van der Waals surface area (Å²) in [4.78, 5) is 14.5. The van der Waals surface area contributed by atoms with Gasteiger partial charge in [-0.25, -0.2) is 12.8 Å². The van der Waals surface area contributed by atoms with Crippen LogP contribution in [0.4, 0.5) is 21.5 Å². The topological polar surface area (TPSA) is 78.5 Å². The van der Waals surface area contributed by atoms with Gasteiger partial charge in [-0.2, -0.15) is 0 Å². The molecular weight excluding hydrogens is 393 g/mol. The second kappa shape index (κ2) is 8.32. The Hall–Kier alpha value is -3.39. The lowest BCUT2D eigenvalue weighted by atomic mass is 10.1. The number of hydrogen-bond acceptors (Lipinski definition) is 4. The summed E-state index contributed by atoms with van der Waals surface area (Å²) in [6.45, 7) is 0. The quantitative estimate of drug-likeness (QED) is 0.642. The molecule has 0 aliphatic carbocycles. The van der Waals surface area contributed by atoms with Gasteiger partial charge in [0.2, 0.25) is 0 Å². The number of nitrogens with one attached hydrogen (secondary N) is 2. The second-order valence-electron chi connectivity index (χ2n) is 6.50. The van der Waals surface area contributed by atoms with Crippen LogP contribution in [0, 0.1) is 5.82 Å². The molecule has 0 saturated heterocycles. The highest BCUT2D eigenvalue weighted by Gasteiger charge is 2.19. The molecule has 8 heteroatoms. The molecule has 2 N–H and O–H groups in total. The van der Waals surface area contributed by atoms with Gasteiger partial charge in [-0.05, 0) is 60.7 Å². The molecule has 3 aromatic carbocycles. The third-order valence-electron chi connectivity index (χ3n) is 4.18. The molecule has 0 heterocycles. The molecule has 0 aliphatic heterocycles. The molecule has 0 radical (unpaired) electrons. The van der Waals surface area contributed by atoms with Crippen molar-refractivity contribution in [2.24, 2.45) is 0 Å². The Bertz CT molecular complexity index is 1110. The first-order valence-electron chi connectivity index (χ1n) is 8.72. The van der Waals surface area contributed by atoms with Crippen LogP contribution in [0.3, 0.4) is 0 Å². The summed E-state index contributed by atoms with van der Waals surface area (Å²) in [6, 6.07) is 17.9. The number of nitrogens with zero attached hydrogens (tertiary/aromatic N) is 1. The normalized spacial score (nSPS) is 11.0. The maximum absolute atomic E-state index is 13.1. The lowest BCUT2D eigenvalue weighted by Gasteiger charge is -2.14. The number of benzene rings is 3. The van der Waals surface area contributed by atoms with Crippen molar-refractivity contribution in [2.45, 2.75) is 4.90 Å². The average Bonchev–Trinajstić information content (AvgIpc) is 2.69. The van der Waals surface area contributed by atoms with E-state index in [0.717, 1.165) is 30.0 Å². The Morgan fingerprint density at radius 2 is 1.52 bits per heavy atom. The van der Waals surface area contributed by atoms with E-state index >= 15 is 0 Å². The van der Waals surface area contributed by atoms with Crippen LogP contribution in [0.1, 0.15) is 10.4 Å². The summed E-state index contributed by atoms with van der Waals surface area (Å²) in [6.07, 6.45) is 0. The van der Waals surface area contributed by atoms with Crippen molar-refractivity contribution in [3.05, 3.63) is 84.2 Å². The van der Waals surface area contributed by atoms with Crippen LogP contribution in [-0.4, -0.2) is 28.4 Å². The van der Waals surface area contributed by atoms with Crippen LogP contribution in [0.25, 0.3) is 0 Å². The van der Waals surface area contributed by atoms with E-state index in [1.54, 1.807) is 24.3 Å². The predicted molar refractivity (Wildman–Crippen MR) is 112 cm³/mol. The fraction of sp³-hybridized carbons (Fsp3) is 0.0952. The van der Waals surface area contributed by atoms with Crippen molar-refractivity contribution >= 4 is 33.0 Å². The van der Waals surface area contributed by atoms with Gasteiger partial charge in [0.05, 0.1) is 16.1 Å². The number of para-hydroxylation sites is 1. The van der Waals surface area contributed by atoms with Gasteiger partial charge >= 0.3 is 0 Å². The van der Waals surface area contributed by atoms with Crippen molar-refractivity contribution in [1.82, 2.24) is 0 Å². The molecule has 0 spiro atoms. The number of anilines is 3. The minimum absolute atomic E-state index is 0.103. The maximum atomic E-state index is 13.1. The Labute approximate surface area is 169 Å². The number of rotatable bonds is 6. The zero-order valence-corrected chi connectivity index (χ0v) is 16.7. The van der Waals surface area contributed by atoms with Crippen LogP contribution in [-0.2, 0) is 10.0 Å². The molecule has 1 amide bonds. The zero-order valence-electron chi connectivity index (χ0n) is 15.9. The van der Waals surface area contributed by atoms with Crippen LogP contribution in [0.15, 0.2) is 77.7 Å². The molecule has 0 aromatic heterocycles. The second-order valence-corrected chi connectivity index (χ2v) is 8.18. The van der Waals surface area contributed by atoms with Crippen molar-refractivity contribution < 1.29 is 17.6 Å². The Balaban J connectivity index is 1.82. The number of carbonyl (C=O) groups is 1. The molecule has 3 aromatic rings. The average molecular weight is 413 g/mol. The van der Waals surface area contributed by atoms with Crippen molar-refractivity contribution in [1.29, 1.82) is 0 Å². The number of sulfonamides is 1. The summed E-state index contributed by atoms with van der Waals surface area (Å²) in [7, 11) is -0.149. The first-order valence-corrected chi connectivity index (χ1v) is 10.2. The van der Waals surface area contributed by atoms with Crippen molar-refractivity contribution in [3.63, 3.8) is 0 Å². The zero-order chi connectivity index (χ0) is 21.0.